The molecule has 0 atom stereocenters. The van der Waals surface area contributed by atoms with E-state index in [1.54, 1.807) is 6.07 Å². The zero-order chi connectivity index (χ0) is 16.2. The maximum Gasteiger partial charge on any atom is 0.311 e. The highest BCUT2D eigenvalue weighted by Gasteiger charge is 2.09. The quantitative estimate of drug-likeness (QED) is 0.147. The molecule has 1 rings (SSSR count). The molecule has 0 amide bonds. The van der Waals surface area contributed by atoms with Gasteiger partial charge in [0.1, 0.15) is 5.75 Å². The van der Waals surface area contributed by atoms with Gasteiger partial charge in [-0.1, -0.05) is 37.8 Å². The highest BCUT2D eigenvalue weighted by atomic mass is 16.6. The van der Waals surface area contributed by atoms with E-state index in [0.717, 1.165) is 25.7 Å². The van der Waals surface area contributed by atoms with E-state index in [1.807, 2.05) is 6.08 Å². The third-order valence-electron chi connectivity index (χ3n) is 3.30. The van der Waals surface area contributed by atoms with Crippen LogP contribution < -0.4 is 4.74 Å². The summed E-state index contributed by atoms with van der Waals surface area (Å²) in [6.07, 6.45) is 9.79. The molecular weight excluding hydrogens is 282 g/mol. The Morgan fingerprint density at radius 3 is 2.55 bits per heavy atom. The Hall–Kier alpha value is -2.17. The molecule has 0 unspecified atom stereocenters. The van der Waals surface area contributed by atoms with Gasteiger partial charge in [-0.05, 0) is 25.3 Å². The molecule has 0 saturated carbocycles. The molecule has 0 aliphatic rings. The van der Waals surface area contributed by atoms with Gasteiger partial charge in [0.05, 0.1) is 11.0 Å². The number of ether oxygens (including phenoxy) is 1. The van der Waals surface area contributed by atoms with Gasteiger partial charge in [0, 0.05) is 12.5 Å². The zero-order valence-electron chi connectivity index (χ0n) is 12.8. The fourth-order valence-corrected chi connectivity index (χ4v) is 2.11. The van der Waals surface area contributed by atoms with Crippen molar-refractivity contribution in [3.8, 4) is 5.75 Å². The van der Waals surface area contributed by atoms with Gasteiger partial charge in [-0.3, -0.25) is 14.9 Å². The molecule has 0 heterocycles. The lowest BCUT2D eigenvalue weighted by Crippen LogP contribution is -2.07. The number of hydrogen-bond acceptors (Lipinski definition) is 4. The van der Waals surface area contributed by atoms with Crippen molar-refractivity contribution in [3.63, 3.8) is 0 Å². The number of nitro benzene ring substituents is 1. The van der Waals surface area contributed by atoms with Gasteiger partial charge < -0.3 is 4.74 Å². The summed E-state index contributed by atoms with van der Waals surface area (Å²) < 4.78 is 5.11. The number of hydrogen-bond donors (Lipinski definition) is 0. The van der Waals surface area contributed by atoms with Crippen LogP contribution in [-0.2, 0) is 4.79 Å². The lowest BCUT2D eigenvalue weighted by molar-refractivity contribution is -0.384. The van der Waals surface area contributed by atoms with E-state index < -0.39 is 4.92 Å². The summed E-state index contributed by atoms with van der Waals surface area (Å²) in [7, 11) is 0. The van der Waals surface area contributed by atoms with Crippen LogP contribution in [0.15, 0.2) is 36.9 Å². The van der Waals surface area contributed by atoms with Crippen LogP contribution in [0.1, 0.15) is 51.4 Å². The van der Waals surface area contributed by atoms with Crippen molar-refractivity contribution in [3.05, 3.63) is 47.0 Å². The molecule has 22 heavy (non-hydrogen) atoms. The molecule has 120 valence electrons. The first-order valence-electron chi connectivity index (χ1n) is 7.69. The second kappa shape index (κ2) is 10.5. The Bertz CT molecular complexity index is 499. The fraction of sp³-hybridized carbons (Fsp3) is 0.471. The molecule has 0 saturated heterocycles. The first kappa shape index (κ1) is 17.9. The third-order valence-corrected chi connectivity index (χ3v) is 3.30. The van der Waals surface area contributed by atoms with Gasteiger partial charge >= 0.3 is 5.97 Å². The molecular formula is C17H23NO4. The summed E-state index contributed by atoms with van der Waals surface area (Å²) >= 11 is 0. The minimum absolute atomic E-state index is 0.0789. The maximum atomic E-state index is 11.7. The van der Waals surface area contributed by atoms with Crippen molar-refractivity contribution in [1.82, 2.24) is 0 Å². The van der Waals surface area contributed by atoms with Gasteiger partial charge in [-0.15, -0.1) is 6.58 Å². The molecule has 1 aromatic carbocycles. The molecule has 0 N–H and O–H groups in total. The van der Waals surface area contributed by atoms with Crippen LogP contribution in [0.5, 0.6) is 5.75 Å². The molecule has 1 aromatic rings. The van der Waals surface area contributed by atoms with Gasteiger partial charge in [0.15, 0.2) is 0 Å². The number of benzene rings is 1. The first-order chi connectivity index (χ1) is 10.6. The zero-order valence-corrected chi connectivity index (χ0v) is 12.8. The van der Waals surface area contributed by atoms with Gasteiger partial charge in [-0.2, -0.15) is 0 Å². The van der Waals surface area contributed by atoms with E-state index in [1.165, 1.54) is 37.5 Å². The SMILES string of the molecule is C=CCCCCCCCCC(=O)Oc1cccc([N+](=O)[O-])c1. The summed E-state index contributed by atoms with van der Waals surface area (Å²) in [6.45, 7) is 3.69. The summed E-state index contributed by atoms with van der Waals surface area (Å²) in [5.74, 6) is -0.115. The van der Waals surface area contributed by atoms with E-state index in [9.17, 15) is 14.9 Å². The standard InChI is InChI=1S/C17H23NO4/c1-2-3-4-5-6-7-8-9-13-17(19)22-16-12-10-11-15(14-16)18(20)21/h2,10-12,14H,1,3-9,13H2. The molecule has 0 aliphatic heterocycles. The number of nitro groups is 1. The molecule has 0 bridgehead atoms. The number of rotatable bonds is 11. The number of nitrogens with zero attached hydrogens (tertiary/aromatic N) is 1. The number of non-ortho nitro benzene ring substituents is 1. The highest BCUT2D eigenvalue weighted by molar-refractivity contribution is 5.72. The van der Waals surface area contributed by atoms with Gasteiger partial charge in [-0.25, -0.2) is 0 Å². The number of carbonyl (C=O) groups excluding carboxylic acids is 1. The van der Waals surface area contributed by atoms with Crippen molar-refractivity contribution in [2.24, 2.45) is 0 Å². The second-order valence-electron chi connectivity index (χ2n) is 5.18. The van der Waals surface area contributed by atoms with E-state index in [2.05, 4.69) is 6.58 Å². The van der Waals surface area contributed by atoms with Crippen molar-refractivity contribution in [2.75, 3.05) is 0 Å². The van der Waals surface area contributed by atoms with Crippen molar-refractivity contribution >= 4 is 11.7 Å². The molecule has 5 heteroatoms. The lowest BCUT2D eigenvalue weighted by atomic mass is 10.1. The number of unbranched alkanes of at least 4 members (excludes halogenated alkanes) is 6. The van der Waals surface area contributed by atoms with E-state index in [-0.39, 0.29) is 17.4 Å². The predicted octanol–water partition coefficient (Wildman–Crippen LogP) is 4.81. The maximum absolute atomic E-state index is 11.7. The molecule has 0 aliphatic carbocycles. The highest BCUT2D eigenvalue weighted by Crippen LogP contribution is 2.19. The third kappa shape index (κ3) is 7.57. The van der Waals surface area contributed by atoms with Crippen LogP contribution in [0.4, 0.5) is 5.69 Å². The molecule has 0 fully saturated rings. The van der Waals surface area contributed by atoms with Crippen LogP contribution in [0, 0.1) is 10.1 Å². The topological polar surface area (TPSA) is 69.4 Å². The van der Waals surface area contributed by atoms with Crippen LogP contribution in [-0.4, -0.2) is 10.9 Å². The average Bonchev–Trinajstić information content (AvgIpc) is 2.50. The van der Waals surface area contributed by atoms with Crippen molar-refractivity contribution in [1.29, 1.82) is 0 Å². The summed E-state index contributed by atoms with van der Waals surface area (Å²) in [5, 5.41) is 10.6. The second-order valence-corrected chi connectivity index (χ2v) is 5.18. The number of carbonyl (C=O) groups is 1. The summed E-state index contributed by atoms with van der Waals surface area (Å²) in [4.78, 5) is 21.8. The lowest BCUT2D eigenvalue weighted by Gasteiger charge is -2.04. The monoisotopic (exact) mass is 305 g/mol. The Kier molecular flexibility index (Phi) is 8.57. The Labute approximate surface area is 131 Å². The minimum atomic E-state index is -0.510. The number of esters is 1. The molecule has 0 radical (unpaired) electrons. The Morgan fingerprint density at radius 1 is 1.18 bits per heavy atom. The van der Waals surface area contributed by atoms with Crippen molar-refractivity contribution in [2.45, 2.75) is 51.4 Å². The van der Waals surface area contributed by atoms with Crippen LogP contribution in [0.3, 0.4) is 0 Å². The number of allylic oxidation sites excluding steroid dienone is 1. The minimum Gasteiger partial charge on any atom is -0.426 e. The summed E-state index contributed by atoms with van der Waals surface area (Å²) in [5.41, 5.74) is -0.0789. The fourth-order valence-electron chi connectivity index (χ4n) is 2.11. The predicted molar refractivity (Wildman–Crippen MR) is 85.9 cm³/mol. The van der Waals surface area contributed by atoms with Crippen LogP contribution in [0.2, 0.25) is 0 Å². The van der Waals surface area contributed by atoms with E-state index in [0.29, 0.717) is 6.42 Å². The summed E-state index contributed by atoms with van der Waals surface area (Å²) in [6, 6.07) is 5.68. The molecule has 5 nitrogen and oxygen atoms in total. The van der Waals surface area contributed by atoms with Crippen LogP contribution >= 0.6 is 0 Å². The average molecular weight is 305 g/mol. The molecule has 0 aromatic heterocycles. The Morgan fingerprint density at radius 2 is 1.86 bits per heavy atom. The smallest absolute Gasteiger partial charge is 0.311 e. The van der Waals surface area contributed by atoms with Crippen LogP contribution in [0.25, 0.3) is 0 Å². The molecule has 0 spiro atoms. The van der Waals surface area contributed by atoms with Gasteiger partial charge in [0.25, 0.3) is 5.69 Å². The van der Waals surface area contributed by atoms with E-state index in [4.69, 9.17) is 4.74 Å². The first-order valence-corrected chi connectivity index (χ1v) is 7.69. The van der Waals surface area contributed by atoms with Gasteiger partial charge in [0.2, 0.25) is 0 Å². The largest absolute Gasteiger partial charge is 0.426 e. The Balaban J connectivity index is 2.17. The normalized spacial score (nSPS) is 10.2. The van der Waals surface area contributed by atoms with E-state index >= 15 is 0 Å². The van der Waals surface area contributed by atoms with Crippen molar-refractivity contribution < 1.29 is 14.5 Å².